The van der Waals surface area contributed by atoms with Crippen molar-refractivity contribution in [1.82, 2.24) is 14.6 Å². The number of nitrogen functional groups attached to an aromatic ring is 1. The van der Waals surface area contributed by atoms with Crippen LogP contribution in [0.4, 0.5) is 5.82 Å². The Labute approximate surface area is 243 Å². The zero-order valence-electron chi connectivity index (χ0n) is 23.7. The van der Waals surface area contributed by atoms with Crippen molar-refractivity contribution in [3.63, 3.8) is 0 Å². The molecule has 1 aliphatic rings. The zero-order chi connectivity index (χ0) is 30.5. The van der Waals surface area contributed by atoms with E-state index in [0.717, 1.165) is 12.8 Å². The second kappa shape index (κ2) is 13.2. The number of para-hydroxylation sites is 1. The standard InChI is InChI=1S/C28H36N5O8P/c1-4-19(5-2)13-38-27(36)18(3)15-42(37,41-20-9-7-6-8-10-20)39-14-22-24(34)25(35)28(16-29,40-22)23-12-11-21-26(30)31-17-32-33(21)23/h6-12,17-19,22,24-25,34-35H,4-5,13-15H2,1-3H3,(H2,30,31,32)/t18-,22-,24-,25-,28+,42?/m1/s1. The van der Waals surface area contributed by atoms with Crippen LogP contribution < -0.4 is 10.3 Å². The molecule has 1 saturated heterocycles. The Morgan fingerprint density at radius 1 is 1.24 bits per heavy atom. The van der Waals surface area contributed by atoms with Crippen LogP contribution in [0.15, 0.2) is 48.8 Å². The third-order valence-electron chi connectivity index (χ3n) is 7.43. The Hall–Kier alpha value is -3.53. The molecule has 13 nitrogen and oxygen atoms in total. The number of anilines is 1. The summed E-state index contributed by atoms with van der Waals surface area (Å²) in [5, 5.41) is 36.2. The summed E-state index contributed by atoms with van der Waals surface area (Å²) in [5.41, 5.74) is 4.33. The highest BCUT2D eigenvalue weighted by molar-refractivity contribution is 7.54. The zero-order valence-corrected chi connectivity index (χ0v) is 24.6. The molecule has 1 unspecified atom stereocenters. The lowest BCUT2D eigenvalue weighted by Crippen LogP contribution is -2.41. The summed E-state index contributed by atoms with van der Waals surface area (Å²) in [6.07, 6.45) is -2.05. The molecule has 42 heavy (non-hydrogen) atoms. The SMILES string of the molecule is CCC(CC)COC(=O)[C@H](C)CP(=O)(OC[C@H]1O[C@@](C#N)(c2ccc3c(N)ncnn23)[C@H](O)[C@@H]1O)Oc1ccccc1. The first kappa shape index (κ1) is 31.4. The van der Waals surface area contributed by atoms with Gasteiger partial charge in [-0.25, -0.2) is 14.1 Å². The van der Waals surface area contributed by atoms with Crippen molar-refractivity contribution in [3.05, 3.63) is 54.5 Å². The maximum atomic E-state index is 14.0. The smallest absolute Gasteiger partial charge is 0.380 e. The third kappa shape index (κ3) is 6.43. The molecule has 1 aliphatic heterocycles. The molecule has 6 atom stereocenters. The summed E-state index contributed by atoms with van der Waals surface area (Å²) < 4.78 is 38.2. The van der Waals surface area contributed by atoms with Crippen LogP contribution in [0.2, 0.25) is 0 Å². The number of benzene rings is 1. The minimum absolute atomic E-state index is 0.112. The number of rotatable bonds is 13. The van der Waals surface area contributed by atoms with Gasteiger partial charge in [0, 0.05) is 0 Å². The van der Waals surface area contributed by atoms with Crippen LogP contribution >= 0.6 is 7.60 Å². The van der Waals surface area contributed by atoms with Gasteiger partial charge in [0.05, 0.1) is 31.0 Å². The number of nitrogens with two attached hydrogens (primary N) is 1. The molecule has 4 N–H and O–H groups in total. The lowest BCUT2D eigenvalue weighted by Gasteiger charge is -2.25. The molecule has 0 bridgehead atoms. The molecule has 0 radical (unpaired) electrons. The van der Waals surface area contributed by atoms with Gasteiger partial charge in [0.15, 0.2) is 5.82 Å². The van der Waals surface area contributed by atoms with Gasteiger partial charge in [0.1, 0.15) is 42.0 Å². The predicted octanol–water partition coefficient (Wildman–Crippen LogP) is 3.06. The fourth-order valence-corrected chi connectivity index (χ4v) is 6.64. The molecular formula is C28H36N5O8P. The van der Waals surface area contributed by atoms with E-state index in [2.05, 4.69) is 10.1 Å². The topological polar surface area (TPSA) is 192 Å². The third-order valence-corrected chi connectivity index (χ3v) is 9.45. The van der Waals surface area contributed by atoms with Crippen LogP contribution in [0, 0.1) is 23.2 Å². The van der Waals surface area contributed by atoms with E-state index >= 15 is 0 Å². The van der Waals surface area contributed by atoms with Crippen LogP contribution in [0.3, 0.4) is 0 Å². The van der Waals surface area contributed by atoms with Gasteiger partial charge in [0.25, 0.3) is 0 Å². The second-order valence-corrected chi connectivity index (χ2v) is 12.3. The summed E-state index contributed by atoms with van der Waals surface area (Å²) in [7, 11) is -4.07. The molecule has 14 heteroatoms. The number of ether oxygens (including phenoxy) is 2. The van der Waals surface area contributed by atoms with Gasteiger partial charge in [-0.05, 0) is 30.2 Å². The maximum absolute atomic E-state index is 14.0. The monoisotopic (exact) mass is 601 g/mol. The van der Waals surface area contributed by atoms with Crippen molar-refractivity contribution >= 4 is 24.9 Å². The normalized spacial score (nSPS) is 24.3. The highest BCUT2D eigenvalue weighted by Gasteiger charge is 2.58. The molecule has 1 aromatic carbocycles. The molecule has 1 fully saturated rings. The van der Waals surface area contributed by atoms with Crippen molar-refractivity contribution in [1.29, 1.82) is 5.26 Å². The van der Waals surface area contributed by atoms with E-state index in [4.69, 9.17) is 24.3 Å². The number of nitrogens with zero attached hydrogens (tertiary/aromatic N) is 4. The van der Waals surface area contributed by atoms with Crippen LogP contribution in [-0.4, -0.2) is 68.5 Å². The minimum atomic E-state index is -4.07. The number of aliphatic hydroxyl groups excluding tert-OH is 2. The lowest BCUT2D eigenvalue weighted by atomic mass is 9.92. The quantitative estimate of drug-likeness (QED) is 0.192. The summed E-state index contributed by atoms with van der Waals surface area (Å²) in [6.45, 7) is 5.32. The lowest BCUT2D eigenvalue weighted by molar-refractivity contribution is -0.148. The number of fused-ring (bicyclic) bond motifs is 1. The Kier molecular flexibility index (Phi) is 9.86. The van der Waals surface area contributed by atoms with Gasteiger partial charge < -0.3 is 29.9 Å². The van der Waals surface area contributed by atoms with E-state index in [1.807, 2.05) is 19.9 Å². The molecule has 0 saturated carbocycles. The first-order valence-corrected chi connectivity index (χ1v) is 15.5. The minimum Gasteiger partial charge on any atom is -0.465 e. The number of esters is 1. The molecule has 0 aliphatic carbocycles. The van der Waals surface area contributed by atoms with E-state index in [1.54, 1.807) is 43.3 Å². The second-order valence-electron chi connectivity index (χ2n) is 10.3. The number of nitriles is 1. The summed E-state index contributed by atoms with van der Waals surface area (Å²) in [6, 6.07) is 13.3. The van der Waals surface area contributed by atoms with Gasteiger partial charge in [-0.1, -0.05) is 51.8 Å². The van der Waals surface area contributed by atoms with Crippen molar-refractivity contribution < 1.29 is 38.1 Å². The Morgan fingerprint density at radius 2 is 1.95 bits per heavy atom. The van der Waals surface area contributed by atoms with E-state index in [-0.39, 0.29) is 35.9 Å². The highest BCUT2D eigenvalue weighted by atomic mass is 31.2. The van der Waals surface area contributed by atoms with E-state index in [0.29, 0.717) is 5.52 Å². The number of hydrogen-bond donors (Lipinski definition) is 3. The fraction of sp³-hybridized carbons (Fsp3) is 0.500. The molecule has 3 heterocycles. The Balaban J connectivity index is 1.53. The summed E-state index contributed by atoms with van der Waals surface area (Å²) in [5.74, 6) is -0.777. The van der Waals surface area contributed by atoms with Crippen LogP contribution in [-0.2, 0) is 29.0 Å². The molecule has 3 aromatic rings. The van der Waals surface area contributed by atoms with E-state index in [1.165, 1.54) is 16.9 Å². The van der Waals surface area contributed by atoms with Gasteiger partial charge in [-0.3, -0.25) is 9.32 Å². The highest BCUT2D eigenvalue weighted by Crippen LogP contribution is 2.51. The summed E-state index contributed by atoms with van der Waals surface area (Å²) in [4.78, 5) is 16.7. The largest absolute Gasteiger partial charge is 0.465 e. The average Bonchev–Trinajstić information content (AvgIpc) is 3.53. The maximum Gasteiger partial charge on any atom is 0.380 e. The Morgan fingerprint density at radius 3 is 2.62 bits per heavy atom. The first-order chi connectivity index (χ1) is 20.1. The van der Waals surface area contributed by atoms with Gasteiger partial charge in [0.2, 0.25) is 5.60 Å². The van der Waals surface area contributed by atoms with Gasteiger partial charge in [-0.15, -0.1) is 0 Å². The van der Waals surface area contributed by atoms with Gasteiger partial charge >= 0.3 is 13.6 Å². The molecule has 4 rings (SSSR count). The molecule has 226 valence electrons. The van der Waals surface area contributed by atoms with E-state index < -0.39 is 50.0 Å². The number of carbonyl (C=O) groups is 1. The first-order valence-electron chi connectivity index (χ1n) is 13.8. The van der Waals surface area contributed by atoms with Crippen molar-refractivity contribution in [3.8, 4) is 11.8 Å². The van der Waals surface area contributed by atoms with Gasteiger partial charge in [-0.2, -0.15) is 10.4 Å². The van der Waals surface area contributed by atoms with Crippen LogP contribution in [0.1, 0.15) is 39.3 Å². The number of carbonyl (C=O) groups excluding carboxylic acids is 1. The Bertz CT molecular complexity index is 1460. The molecular weight excluding hydrogens is 565 g/mol. The van der Waals surface area contributed by atoms with Crippen molar-refractivity contribution in [2.75, 3.05) is 25.1 Å². The predicted molar refractivity (Wildman–Crippen MR) is 151 cm³/mol. The van der Waals surface area contributed by atoms with Crippen molar-refractivity contribution in [2.45, 2.75) is 57.5 Å². The van der Waals surface area contributed by atoms with Crippen LogP contribution in [0.5, 0.6) is 5.75 Å². The fourth-order valence-electron chi connectivity index (χ4n) is 4.77. The number of aliphatic hydroxyl groups is 2. The molecule has 2 aromatic heterocycles. The average molecular weight is 602 g/mol. The van der Waals surface area contributed by atoms with E-state index in [9.17, 15) is 24.8 Å². The number of hydrogen-bond acceptors (Lipinski definition) is 12. The summed E-state index contributed by atoms with van der Waals surface area (Å²) >= 11 is 0. The van der Waals surface area contributed by atoms with Crippen LogP contribution in [0.25, 0.3) is 5.52 Å². The van der Waals surface area contributed by atoms with Crippen molar-refractivity contribution in [2.24, 2.45) is 11.8 Å². The molecule has 0 spiro atoms. The number of aromatic nitrogens is 3. The molecule has 0 amide bonds.